The molecule has 6 heteroatoms. The molecule has 0 unspecified atom stereocenters. The number of amides is 1. The lowest BCUT2D eigenvalue weighted by atomic mass is 9.95. The van der Waals surface area contributed by atoms with Crippen LogP contribution in [-0.2, 0) is 14.3 Å². The van der Waals surface area contributed by atoms with E-state index in [1.54, 1.807) is 24.3 Å². The molecule has 0 saturated heterocycles. The van der Waals surface area contributed by atoms with Crippen molar-refractivity contribution in [3.63, 3.8) is 0 Å². The first-order chi connectivity index (χ1) is 12.6. The van der Waals surface area contributed by atoms with Gasteiger partial charge < -0.3 is 14.8 Å². The predicted octanol–water partition coefficient (Wildman–Crippen LogP) is 3.04. The lowest BCUT2D eigenvalue weighted by Crippen LogP contribution is -2.38. The molecule has 142 valence electrons. The molecule has 1 aliphatic rings. The molecule has 2 rings (SSSR count). The van der Waals surface area contributed by atoms with Crippen molar-refractivity contribution in [2.45, 2.75) is 57.9 Å². The molecule has 0 bridgehead atoms. The minimum absolute atomic E-state index is 0.0389. The van der Waals surface area contributed by atoms with E-state index in [2.05, 4.69) is 5.32 Å². The summed E-state index contributed by atoms with van der Waals surface area (Å²) < 4.78 is 10.3. The van der Waals surface area contributed by atoms with E-state index in [4.69, 9.17) is 9.47 Å². The van der Waals surface area contributed by atoms with Crippen molar-refractivity contribution in [2.24, 2.45) is 0 Å². The molecule has 0 heterocycles. The van der Waals surface area contributed by atoms with E-state index in [1.807, 2.05) is 6.92 Å². The highest BCUT2D eigenvalue weighted by molar-refractivity contribution is 5.97. The number of ketones is 1. The number of nitrogens with one attached hydrogen (secondary N) is 1. The number of carbonyl (C=O) groups is 3. The van der Waals surface area contributed by atoms with Crippen molar-refractivity contribution in [3.8, 4) is 5.75 Å². The highest BCUT2D eigenvalue weighted by Gasteiger charge is 2.17. The molecule has 0 aromatic heterocycles. The first kappa shape index (κ1) is 19.9. The molecule has 1 aromatic carbocycles. The first-order valence-electron chi connectivity index (χ1n) is 9.29. The fourth-order valence-corrected chi connectivity index (χ4v) is 3.00. The standard InChI is InChI=1S/C20H27NO5/c1-2-25-17-10-8-15(9-11-17)18(22)12-13-20(24)26-14-19(23)21-16-6-4-3-5-7-16/h8-11,16H,2-7,12-14H2,1H3,(H,21,23). The molecule has 6 nitrogen and oxygen atoms in total. The Hall–Kier alpha value is -2.37. The number of Topliss-reactive ketones (excluding diaryl/α,β-unsaturated/α-hetero) is 1. The van der Waals surface area contributed by atoms with Crippen molar-refractivity contribution in [3.05, 3.63) is 29.8 Å². The fraction of sp³-hybridized carbons (Fsp3) is 0.550. The van der Waals surface area contributed by atoms with E-state index in [0.717, 1.165) is 25.7 Å². The van der Waals surface area contributed by atoms with Crippen LogP contribution in [0.1, 0.15) is 62.2 Å². The molecule has 1 aliphatic carbocycles. The van der Waals surface area contributed by atoms with E-state index in [0.29, 0.717) is 17.9 Å². The Morgan fingerprint density at radius 3 is 2.38 bits per heavy atom. The van der Waals surface area contributed by atoms with Crippen LogP contribution in [0.4, 0.5) is 0 Å². The second-order valence-electron chi connectivity index (χ2n) is 6.44. The predicted molar refractivity (Wildman–Crippen MR) is 97.2 cm³/mol. The van der Waals surface area contributed by atoms with Gasteiger partial charge in [-0.15, -0.1) is 0 Å². The summed E-state index contributed by atoms with van der Waals surface area (Å²) in [6, 6.07) is 7.00. The minimum atomic E-state index is -0.539. The van der Waals surface area contributed by atoms with Crippen molar-refractivity contribution in [1.29, 1.82) is 0 Å². The molecule has 1 N–H and O–H groups in total. The number of carbonyl (C=O) groups excluding carboxylic acids is 3. The number of hydrogen-bond acceptors (Lipinski definition) is 5. The third kappa shape index (κ3) is 6.86. The summed E-state index contributed by atoms with van der Waals surface area (Å²) in [6.07, 6.45) is 5.44. The van der Waals surface area contributed by atoms with E-state index in [1.165, 1.54) is 6.42 Å². The summed E-state index contributed by atoms with van der Waals surface area (Å²) in [5, 5.41) is 2.89. The van der Waals surface area contributed by atoms with Gasteiger partial charge in [0.1, 0.15) is 5.75 Å². The smallest absolute Gasteiger partial charge is 0.306 e. The molecule has 1 saturated carbocycles. The molecular weight excluding hydrogens is 334 g/mol. The van der Waals surface area contributed by atoms with Gasteiger partial charge in [-0.05, 0) is 44.0 Å². The SMILES string of the molecule is CCOc1ccc(C(=O)CCC(=O)OCC(=O)NC2CCCCC2)cc1. The number of esters is 1. The Labute approximate surface area is 154 Å². The lowest BCUT2D eigenvalue weighted by molar-refractivity contribution is -0.148. The van der Waals surface area contributed by atoms with Crippen LogP contribution in [0.2, 0.25) is 0 Å². The van der Waals surface area contributed by atoms with Gasteiger partial charge in [0.25, 0.3) is 5.91 Å². The summed E-state index contributed by atoms with van der Waals surface area (Å²) in [5.74, 6) is -0.254. The maximum absolute atomic E-state index is 12.1. The number of benzene rings is 1. The zero-order valence-corrected chi connectivity index (χ0v) is 15.3. The van der Waals surface area contributed by atoms with Crippen molar-refractivity contribution >= 4 is 17.7 Å². The second-order valence-corrected chi connectivity index (χ2v) is 6.44. The summed E-state index contributed by atoms with van der Waals surface area (Å²) >= 11 is 0. The molecule has 1 fully saturated rings. The van der Waals surface area contributed by atoms with Crippen LogP contribution in [0.5, 0.6) is 5.75 Å². The monoisotopic (exact) mass is 361 g/mol. The molecule has 0 atom stereocenters. The van der Waals surface area contributed by atoms with E-state index in [9.17, 15) is 14.4 Å². The van der Waals surface area contributed by atoms with Gasteiger partial charge in [0, 0.05) is 18.0 Å². The summed E-state index contributed by atoms with van der Waals surface area (Å²) in [4.78, 5) is 35.6. The van der Waals surface area contributed by atoms with E-state index in [-0.39, 0.29) is 37.2 Å². The second kappa shape index (κ2) is 10.6. The van der Waals surface area contributed by atoms with Gasteiger partial charge in [-0.25, -0.2) is 0 Å². The molecular formula is C20H27NO5. The van der Waals surface area contributed by atoms with Crippen LogP contribution in [0.15, 0.2) is 24.3 Å². The maximum Gasteiger partial charge on any atom is 0.306 e. The Kier molecular flexibility index (Phi) is 8.12. The lowest BCUT2D eigenvalue weighted by Gasteiger charge is -2.22. The Morgan fingerprint density at radius 1 is 1.04 bits per heavy atom. The van der Waals surface area contributed by atoms with Crippen molar-refractivity contribution in [2.75, 3.05) is 13.2 Å². The van der Waals surface area contributed by atoms with Gasteiger partial charge in [0.05, 0.1) is 13.0 Å². The third-order valence-electron chi connectivity index (χ3n) is 4.38. The molecule has 0 aliphatic heterocycles. The van der Waals surface area contributed by atoms with E-state index >= 15 is 0 Å². The van der Waals surface area contributed by atoms with Gasteiger partial charge in [0.15, 0.2) is 12.4 Å². The fourth-order valence-electron chi connectivity index (χ4n) is 3.00. The first-order valence-corrected chi connectivity index (χ1v) is 9.29. The van der Waals surface area contributed by atoms with Crippen LogP contribution in [0.3, 0.4) is 0 Å². The zero-order chi connectivity index (χ0) is 18.8. The van der Waals surface area contributed by atoms with Gasteiger partial charge in [0.2, 0.25) is 0 Å². The third-order valence-corrected chi connectivity index (χ3v) is 4.38. The zero-order valence-electron chi connectivity index (χ0n) is 15.3. The van der Waals surface area contributed by atoms with Crippen LogP contribution >= 0.6 is 0 Å². The average molecular weight is 361 g/mol. The van der Waals surface area contributed by atoms with Crippen LogP contribution in [-0.4, -0.2) is 36.9 Å². The molecule has 0 spiro atoms. The van der Waals surface area contributed by atoms with Gasteiger partial charge in [-0.3, -0.25) is 14.4 Å². The molecule has 1 aromatic rings. The van der Waals surface area contributed by atoms with Gasteiger partial charge >= 0.3 is 5.97 Å². The maximum atomic E-state index is 12.1. The highest BCUT2D eigenvalue weighted by Crippen LogP contribution is 2.17. The summed E-state index contributed by atoms with van der Waals surface area (Å²) in [5.41, 5.74) is 0.524. The van der Waals surface area contributed by atoms with Crippen molar-refractivity contribution in [1.82, 2.24) is 5.32 Å². The topological polar surface area (TPSA) is 81.7 Å². The summed E-state index contributed by atoms with van der Waals surface area (Å²) in [6.45, 7) is 2.17. The highest BCUT2D eigenvalue weighted by atomic mass is 16.5. The van der Waals surface area contributed by atoms with Crippen LogP contribution in [0.25, 0.3) is 0 Å². The van der Waals surface area contributed by atoms with E-state index < -0.39 is 5.97 Å². The van der Waals surface area contributed by atoms with Crippen LogP contribution in [0, 0.1) is 0 Å². The molecule has 26 heavy (non-hydrogen) atoms. The Morgan fingerprint density at radius 2 is 1.73 bits per heavy atom. The molecule has 1 amide bonds. The summed E-state index contributed by atoms with van der Waals surface area (Å²) in [7, 11) is 0. The largest absolute Gasteiger partial charge is 0.494 e. The van der Waals surface area contributed by atoms with Gasteiger partial charge in [-0.1, -0.05) is 19.3 Å². The van der Waals surface area contributed by atoms with Gasteiger partial charge in [-0.2, -0.15) is 0 Å². The van der Waals surface area contributed by atoms with Crippen molar-refractivity contribution < 1.29 is 23.9 Å². The minimum Gasteiger partial charge on any atom is -0.494 e. The number of ether oxygens (including phenoxy) is 2. The number of hydrogen-bond donors (Lipinski definition) is 1. The Bertz CT molecular complexity index is 605. The quantitative estimate of drug-likeness (QED) is 0.540. The Balaban J connectivity index is 1.65. The normalized spacial score (nSPS) is 14.5. The average Bonchev–Trinajstić information content (AvgIpc) is 2.66. The molecule has 0 radical (unpaired) electrons. The van der Waals surface area contributed by atoms with Crippen LogP contribution < -0.4 is 10.1 Å². The number of rotatable bonds is 9.